The van der Waals surface area contributed by atoms with E-state index in [1.807, 2.05) is 36.4 Å². The second kappa shape index (κ2) is 7.77. The van der Waals surface area contributed by atoms with Crippen LogP contribution in [-0.2, 0) is 6.54 Å². The Morgan fingerprint density at radius 2 is 1.83 bits per heavy atom. The summed E-state index contributed by atoms with van der Waals surface area (Å²) in [7, 11) is 0. The Labute approximate surface area is 137 Å². The molecule has 0 saturated heterocycles. The molecule has 4 nitrogen and oxygen atoms in total. The monoisotopic (exact) mass is 309 g/mol. The van der Waals surface area contributed by atoms with Gasteiger partial charge in [0.15, 0.2) is 0 Å². The quantitative estimate of drug-likeness (QED) is 0.884. The van der Waals surface area contributed by atoms with Crippen LogP contribution in [0.5, 0.6) is 0 Å². The van der Waals surface area contributed by atoms with E-state index >= 15 is 0 Å². The van der Waals surface area contributed by atoms with Crippen LogP contribution in [0.25, 0.3) is 0 Å². The number of hydrogen-bond acceptors (Lipinski definition) is 3. The first-order valence-corrected chi connectivity index (χ1v) is 8.36. The predicted molar refractivity (Wildman–Crippen MR) is 92.3 cm³/mol. The van der Waals surface area contributed by atoms with Crippen molar-refractivity contribution in [2.24, 2.45) is 0 Å². The fourth-order valence-electron chi connectivity index (χ4n) is 2.96. The van der Waals surface area contributed by atoms with Gasteiger partial charge in [0.2, 0.25) is 0 Å². The van der Waals surface area contributed by atoms with E-state index in [0.29, 0.717) is 18.3 Å². The summed E-state index contributed by atoms with van der Waals surface area (Å²) in [6.07, 6.45) is 8.14. The highest BCUT2D eigenvalue weighted by atomic mass is 16.1. The van der Waals surface area contributed by atoms with E-state index in [1.54, 1.807) is 12.3 Å². The minimum atomic E-state index is -0.141. The zero-order valence-electron chi connectivity index (χ0n) is 13.3. The van der Waals surface area contributed by atoms with Crippen LogP contribution in [0.1, 0.15) is 48.2 Å². The van der Waals surface area contributed by atoms with Crippen LogP contribution < -0.4 is 10.6 Å². The molecule has 0 atom stereocenters. The fraction of sp³-hybridized carbons (Fsp3) is 0.368. The Hall–Kier alpha value is -2.36. The molecule has 23 heavy (non-hydrogen) atoms. The Morgan fingerprint density at radius 1 is 1.04 bits per heavy atom. The number of carbonyl (C=O) groups is 1. The maximum absolute atomic E-state index is 12.1. The lowest BCUT2D eigenvalue weighted by Gasteiger charge is -2.23. The van der Waals surface area contributed by atoms with E-state index in [0.717, 1.165) is 11.3 Å². The zero-order chi connectivity index (χ0) is 15.9. The van der Waals surface area contributed by atoms with Crippen molar-refractivity contribution in [1.82, 2.24) is 10.3 Å². The summed E-state index contributed by atoms with van der Waals surface area (Å²) in [5.41, 5.74) is 2.53. The Balaban J connectivity index is 1.52. The molecule has 1 aromatic carbocycles. The third-order valence-electron chi connectivity index (χ3n) is 4.27. The number of aromatic nitrogens is 1. The van der Waals surface area contributed by atoms with Gasteiger partial charge in [-0.2, -0.15) is 0 Å². The molecule has 2 aromatic rings. The molecule has 1 aromatic heterocycles. The van der Waals surface area contributed by atoms with Crippen LogP contribution in [0, 0.1) is 0 Å². The highest BCUT2D eigenvalue weighted by Crippen LogP contribution is 2.21. The van der Waals surface area contributed by atoms with E-state index in [4.69, 9.17) is 0 Å². The summed E-state index contributed by atoms with van der Waals surface area (Å²) < 4.78 is 0. The first kappa shape index (κ1) is 15.5. The van der Waals surface area contributed by atoms with Gasteiger partial charge >= 0.3 is 0 Å². The molecule has 4 heteroatoms. The lowest BCUT2D eigenvalue weighted by Crippen LogP contribution is -2.24. The molecule has 3 rings (SSSR count). The van der Waals surface area contributed by atoms with Crippen molar-refractivity contribution in [3.05, 3.63) is 59.9 Å². The molecule has 1 aliphatic carbocycles. The summed E-state index contributed by atoms with van der Waals surface area (Å²) in [6, 6.07) is 14.1. The van der Waals surface area contributed by atoms with Crippen molar-refractivity contribution in [2.45, 2.75) is 44.7 Å². The van der Waals surface area contributed by atoms with Crippen molar-refractivity contribution in [3.63, 3.8) is 0 Å². The summed E-state index contributed by atoms with van der Waals surface area (Å²) >= 11 is 0. The molecule has 0 unspecified atom stereocenters. The van der Waals surface area contributed by atoms with Crippen molar-refractivity contribution in [2.75, 3.05) is 5.32 Å². The van der Waals surface area contributed by atoms with Gasteiger partial charge < -0.3 is 10.6 Å². The molecule has 120 valence electrons. The van der Waals surface area contributed by atoms with Crippen molar-refractivity contribution in [1.29, 1.82) is 0 Å². The van der Waals surface area contributed by atoms with Gasteiger partial charge in [0, 0.05) is 12.6 Å². The van der Waals surface area contributed by atoms with E-state index in [-0.39, 0.29) is 5.91 Å². The van der Waals surface area contributed by atoms with Gasteiger partial charge in [-0.1, -0.05) is 49.6 Å². The molecule has 2 N–H and O–H groups in total. The molecule has 1 amide bonds. The molecule has 0 aliphatic heterocycles. The third kappa shape index (κ3) is 4.55. The maximum Gasteiger partial charge on any atom is 0.270 e. The first-order chi connectivity index (χ1) is 11.3. The Bertz CT molecular complexity index is 619. The molecule has 1 fully saturated rings. The summed E-state index contributed by atoms with van der Waals surface area (Å²) in [4.78, 5) is 16.4. The van der Waals surface area contributed by atoms with Gasteiger partial charge in [0.05, 0.1) is 11.9 Å². The highest BCUT2D eigenvalue weighted by molar-refractivity contribution is 5.92. The van der Waals surface area contributed by atoms with Crippen LogP contribution in [0.2, 0.25) is 0 Å². The highest BCUT2D eigenvalue weighted by Gasteiger charge is 2.13. The van der Waals surface area contributed by atoms with Gasteiger partial charge in [-0.05, 0) is 30.5 Å². The molecule has 0 bridgehead atoms. The normalized spacial score (nSPS) is 15.1. The smallest absolute Gasteiger partial charge is 0.270 e. The van der Waals surface area contributed by atoms with Gasteiger partial charge in [0.25, 0.3) is 5.91 Å². The van der Waals surface area contributed by atoms with Crippen LogP contribution in [0.4, 0.5) is 5.69 Å². The summed E-state index contributed by atoms with van der Waals surface area (Å²) in [5, 5.41) is 6.40. The molecule has 0 radical (unpaired) electrons. The topological polar surface area (TPSA) is 54.0 Å². The second-order valence-corrected chi connectivity index (χ2v) is 6.08. The number of anilines is 1. The van der Waals surface area contributed by atoms with Gasteiger partial charge in [-0.3, -0.25) is 4.79 Å². The minimum Gasteiger partial charge on any atom is -0.381 e. The van der Waals surface area contributed by atoms with Gasteiger partial charge in [-0.15, -0.1) is 0 Å². The van der Waals surface area contributed by atoms with Crippen molar-refractivity contribution >= 4 is 11.6 Å². The maximum atomic E-state index is 12.1. The molecule has 1 saturated carbocycles. The van der Waals surface area contributed by atoms with Crippen molar-refractivity contribution in [3.8, 4) is 0 Å². The summed E-state index contributed by atoms with van der Waals surface area (Å²) in [5.74, 6) is -0.141. The number of benzene rings is 1. The van der Waals surface area contributed by atoms with E-state index in [1.165, 1.54) is 32.1 Å². The van der Waals surface area contributed by atoms with Crippen LogP contribution in [-0.4, -0.2) is 16.9 Å². The SMILES string of the molecule is O=C(NCc1ccccc1)c1ccc(NC2CCCCC2)cn1. The lowest BCUT2D eigenvalue weighted by molar-refractivity contribution is 0.0946. The standard InChI is InChI=1S/C19H23N3O/c23-19(21-13-15-7-3-1-4-8-15)18-12-11-17(14-20-18)22-16-9-5-2-6-10-16/h1,3-4,7-8,11-12,14,16,22H,2,5-6,9-10,13H2,(H,21,23). The van der Waals surface area contributed by atoms with E-state index in [9.17, 15) is 4.79 Å². The zero-order valence-corrected chi connectivity index (χ0v) is 13.3. The average Bonchev–Trinajstić information content (AvgIpc) is 2.62. The third-order valence-corrected chi connectivity index (χ3v) is 4.27. The number of hydrogen-bond donors (Lipinski definition) is 2. The predicted octanol–water partition coefficient (Wildman–Crippen LogP) is 3.76. The van der Waals surface area contributed by atoms with E-state index in [2.05, 4.69) is 15.6 Å². The molecular weight excluding hydrogens is 286 g/mol. The van der Waals surface area contributed by atoms with Gasteiger partial charge in [0.1, 0.15) is 5.69 Å². The van der Waals surface area contributed by atoms with Crippen LogP contribution in [0.15, 0.2) is 48.7 Å². The number of nitrogens with one attached hydrogen (secondary N) is 2. The minimum absolute atomic E-state index is 0.141. The molecule has 0 spiro atoms. The second-order valence-electron chi connectivity index (χ2n) is 6.08. The molecular formula is C19H23N3O. The number of carbonyl (C=O) groups excluding carboxylic acids is 1. The number of pyridine rings is 1. The summed E-state index contributed by atoms with van der Waals surface area (Å²) in [6.45, 7) is 0.517. The van der Waals surface area contributed by atoms with Crippen molar-refractivity contribution < 1.29 is 4.79 Å². The average molecular weight is 309 g/mol. The Kier molecular flexibility index (Phi) is 5.25. The number of rotatable bonds is 5. The first-order valence-electron chi connectivity index (χ1n) is 8.36. The van der Waals surface area contributed by atoms with E-state index < -0.39 is 0 Å². The fourth-order valence-corrected chi connectivity index (χ4v) is 2.96. The van der Waals surface area contributed by atoms with Gasteiger partial charge in [-0.25, -0.2) is 4.98 Å². The number of nitrogens with zero attached hydrogens (tertiary/aromatic N) is 1. The lowest BCUT2D eigenvalue weighted by atomic mass is 9.95. The molecule has 1 aliphatic rings. The van der Waals surface area contributed by atoms with Crippen LogP contribution >= 0.6 is 0 Å². The van der Waals surface area contributed by atoms with Crippen LogP contribution in [0.3, 0.4) is 0 Å². The molecule has 1 heterocycles. The Morgan fingerprint density at radius 3 is 2.52 bits per heavy atom. The number of amides is 1. The largest absolute Gasteiger partial charge is 0.381 e.